The number of para-hydroxylation sites is 1. The first kappa shape index (κ1) is 19.5. The van der Waals surface area contributed by atoms with Crippen molar-refractivity contribution in [2.75, 3.05) is 30.4 Å². The molecule has 2 heterocycles. The van der Waals surface area contributed by atoms with Crippen LogP contribution in [0, 0.1) is 6.92 Å². The summed E-state index contributed by atoms with van der Waals surface area (Å²) < 4.78 is 0. The Hall–Kier alpha value is -2.83. The van der Waals surface area contributed by atoms with Gasteiger partial charge in [0.2, 0.25) is 0 Å². The molecule has 0 saturated carbocycles. The van der Waals surface area contributed by atoms with E-state index in [1.54, 1.807) is 41.1 Å². The first-order valence-corrected chi connectivity index (χ1v) is 9.81. The Balaban J connectivity index is 1.79. The number of fused-ring (bicyclic) bond motifs is 1. The van der Waals surface area contributed by atoms with Crippen molar-refractivity contribution >= 4 is 57.4 Å². The van der Waals surface area contributed by atoms with Gasteiger partial charge in [-0.3, -0.25) is 14.7 Å². The highest BCUT2D eigenvalue weighted by atomic mass is 35.5. The fourth-order valence-electron chi connectivity index (χ4n) is 3.45. The monoisotopic (exact) mass is 428 g/mol. The molecule has 3 aromatic rings. The molecule has 0 atom stereocenters. The smallest absolute Gasteiger partial charge is 0.324 e. The second kappa shape index (κ2) is 7.54. The van der Waals surface area contributed by atoms with Gasteiger partial charge in [-0.15, -0.1) is 0 Å². The topological polar surface area (TPSA) is 65.5 Å². The highest BCUT2D eigenvalue weighted by molar-refractivity contribution is 6.40. The number of likely N-dealkylation sites (N-methyl/N-ethyl adjacent to an activating group) is 1. The second-order valence-corrected chi connectivity index (χ2v) is 7.71. The number of amides is 3. The van der Waals surface area contributed by atoms with Crippen molar-refractivity contribution in [2.45, 2.75) is 6.92 Å². The van der Waals surface area contributed by atoms with E-state index in [0.29, 0.717) is 24.3 Å². The Kier molecular flexibility index (Phi) is 5.06. The Morgan fingerprint density at radius 3 is 2.45 bits per heavy atom. The van der Waals surface area contributed by atoms with Crippen LogP contribution in [0.4, 0.5) is 16.2 Å². The normalized spacial score (nSPS) is 14.0. The quantitative estimate of drug-likeness (QED) is 0.639. The lowest BCUT2D eigenvalue weighted by molar-refractivity contribution is 0.102. The standard InChI is InChI=1S/C21H18Cl2N4O2/c1-12-11-17(27-10-9-26(2)21(27)29)13-5-3-8-16(19(13)24-12)25-20(28)18-14(22)6-4-7-15(18)23/h3-8,11H,9-10H2,1-2H3,(H,25,28). The molecule has 1 fully saturated rings. The van der Waals surface area contributed by atoms with Crippen LogP contribution in [0.2, 0.25) is 10.0 Å². The number of halogens is 2. The predicted molar refractivity (Wildman–Crippen MR) is 116 cm³/mol. The number of hydrogen-bond acceptors (Lipinski definition) is 3. The van der Waals surface area contributed by atoms with Gasteiger partial charge in [0.15, 0.2) is 0 Å². The minimum Gasteiger partial charge on any atom is -0.326 e. The van der Waals surface area contributed by atoms with Crippen LogP contribution in [-0.4, -0.2) is 42.0 Å². The Morgan fingerprint density at radius 2 is 1.79 bits per heavy atom. The zero-order valence-electron chi connectivity index (χ0n) is 15.9. The Morgan fingerprint density at radius 1 is 1.10 bits per heavy atom. The first-order valence-electron chi connectivity index (χ1n) is 9.05. The van der Waals surface area contributed by atoms with Gasteiger partial charge in [-0.2, -0.15) is 0 Å². The highest BCUT2D eigenvalue weighted by Gasteiger charge is 2.28. The second-order valence-electron chi connectivity index (χ2n) is 6.89. The number of nitrogens with one attached hydrogen (secondary N) is 1. The van der Waals surface area contributed by atoms with E-state index in [-0.39, 0.29) is 21.6 Å². The van der Waals surface area contributed by atoms with Crippen LogP contribution >= 0.6 is 23.2 Å². The maximum atomic E-state index is 12.8. The van der Waals surface area contributed by atoms with Gasteiger partial charge in [-0.1, -0.05) is 41.4 Å². The van der Waals surface area contributed by atoms with Crippen LogP contribution in [0.1, 0.15) is 16.1 Å². The van der Waals surface area contributed by atoms with Crippen LogP contribution in [0.15, 0.2) is 42.5 Å². The van der Waals surface area contributed by atoms with E-state index in [1.807, 2.05) is 25.1 Å². The molecule has 8 heteroatoms. The molecule has 3 amide bonds. The molecule has 2 aromatic carbocycles. The number of anilines is 2. The number of aromatic nitrogens is 1. The molecule has 0 radical (unpaired) electrons. The molecule has 0 aliphatic carbocycles. The number of aryl methyl sites for hydroxylation is 1. The molecule has 1 aliphatic heterocycles. The van der Waals surface area contributed by atoms with E-state index in [4.69, 9.17) is 23.2 Å². The Labute approximate surface area is 178 Å². The number of hydrogen-bond donors (Lipinski definition) is 1. The number of urea groups is 1. The van der Waals surface area contributed by atoms with Gasteiger partial charge >= 0.3 is 6.03 Å². The van der Waals surface area contributed by atoms with E-state index in [9.17, 15) is 9.59 Å². The SMILES string of the molecule is Cc1cc(N2CCN(C)C2=O)c2cccc(NC(=O)c3c(Cl)cccc3Cl)c2n1. The summed E-state index contributed by atoms with van der Waals surface area (Å²) in [4.78, 5) is 33.4. The van der Waals surface area contributed by atoms with Crippen LogP contribution in [0.25, 0.3) is 10.9 Å². The molecular formula is C21H18Cl2N4O2. The molecule has 6 nitrogen and oxygen atoms in total. The molecule has 1 aliphatic rings. The molecular weight excluding hydrogens is 411 g/mol. The molecule has 0 bridgehead atoms. The maximum Gasteiger partial charge on any atom is 0.324 e. The number of carbonyl (C=O) groups excluding carboxylic acids is 2. The molecule has 0 unspecified atom stereocenters. The third-order valence-corrected chi connectivity index (χ3v) is 5.52. The lowest BCUT2D eigenvalue weighted by Gasteiger charge is -2.20. The maximum absolute atomic E-state index is 12.8. The van der Waals surface area contributed by atoms with Crippen molar-refractivity contribution in [3.63, 3.8) is 0 Å². The summed E-state index contributed by atoms with van der Waals surface area (Å²) in [6, 6.07) is 12.2. The molecule has 1 N–H and O–H groups in total. The largest absolute Gasteiger partial charge is 0.326 e. The number of nitrogens with zero attached hydrogens (tertiary/aromatic N) is 3. The summed E-state index contributed by atoms with van der Waals surface area (Å²) in [5.74, 6) is -0.421. The van der Waals surface area contributed by atoms with Crippen molar-refractivity contribution in [2.24, 2.45) is 0 Å². The van der Waals surface area contributed by atoms with Crippen molar-refractivity contribution in [1.82, 2.24) is 9.88 Å². The predicted octanol–water partition coefficient (Wildman–Crippen LogP) is 4.97. The van der Waals surface area contributed by atoms with Crippen molar-refractivity contribution < 1.29 is 9.59 Å². The lowest BCUT2D eigenvalue weighted by Crippen LogP contribution is -2.29. The molecule has 4 rings (SSSR count). The summed E-state index contributed by atoms with van der Waals surface area (Å²) in [7, 11) is 1.78. The minimum absolute atomic E-state index is 0.0609. The van der Waals surface area contributed by atoms with Gasteiger partial charge < -0.3 is 10.2 Å². The van der Waals surface area contributed by atoms with Gasteiger partial charge in [-0.25, -0.2) is 4.79 Å². The van der Waals surface area contributed by atoms with Crippen LogP contribution < -0.4 is 10.2 Å². The summed E-state index contributed by atoms with van der Waals surface area (Å²) in [6.07, 6.45) is 0. The molecule has 29 heavy (non-hydrogen) atoms. The van der Waals surface area contributed by atoms with Gasteiger partial charge in [0.1, 0.15) is 0 Å². The van der Waals surface area contributed by atoms with Crippen LogP contribution in [-0.2, 0) is 0 Å². The van der Waals surface area contributed by atoms with E-state index >= 15 is 0 Å². The van der Waals surface area contributed by atoms with Crippen molar-refractivity contribution in [3.8, 4) is 0 Å². The van der Waals surface area contributed by atoms with E-state index < -0.39 is 5.91 Å². The minimum atomic E-state index is -0.421. The molecule has 148 valence electrons. The highest BCUT2D eigenvalue weighted by Crippen LogP contribution is 2.33. The number of benzene rings is 2. The average Bonchev–Trinajstić information content (AvgIpc) is 3.00. The Bertz CT molecular complexity index is 1130. The first-order chi connectivity index (χ1) is 13.9. The fraction of sp³-hybridized carbons (Fsp3) is 0.190. The number of carbonyl (C=O) groups is 2. The molecule has 1 saturated heterocycles. The third-order valence-electron chi connectivity index (χ3n) is 4.89. The molecule has 0 spiro atoms. The molecule has 1 aromatic heterocycles. The summed E-state index contributed by atoms with van der Waals surface area (Å²) in [5, 5.41) is 4.18. The third kappa shape index (κ3) is 3.50. The van der Waals surface area contributed by atoms with Gasteiger partial charge in [-0.05, 0) is 31.2 Å². The van der Waals surface area contributed by atoms with Crippen molar-refractivity contribution in [1.29, 1.82) is 0 Å². The summed E-state index contributed by atoms with van der Waals surface area (Å²) >= 11 is 12.3. The van der Waals surface area contributed by atoms with Gasteiger partial charge in [0.25, 0.3) is 5.91 Å². The van der Waals surface area contributed by atoms with Gasteiger partial charge in [0, 0.05) is 31.2 Å². The van der Waals surface area contributed by atoms with E-state index in [0.717, 1.165) is 16.8 Å². The fourth-order valence-corrected chi connectivity index (χ4v) is 4.02. The van der Waals surface area contributed by atoms with Gasteiger partial charge in [0.05, 0.1) is 32.5 Å². The summed E-state index contributed by atoms with van der Waals surface area (Å²) in [6.45, 7) is 3.11. The average molecular weight is 429 g/mol. The number of pyridine rings is 1. The zero-order valence-corrected chi connectivity index (χ0v) is 17.4. The zero-order chi connectivity index (χ0) is 20.7. The summed E-state index contributed by atoms with van der Waals surface area (Å²) in [5.41, 5.74) is 2.84. The number of rotatable bonds is 3. The van der Waals surface area contributed by atoms with Crippen molar-refractivity contribution in [3.05, 3.63) is 63.8 Å². The lowest BCUT2D eigenvalue weighted by atomic mass is 10.1. The van der Waals surface area contributed by atoms with E-state index in [1.165, 1.54) is 0 Å². The van der Waals surface area contributed by atoms with Crippen LogP contribution in [0.5, 0.6) is 0 Å². The van der Waals surface area contributed by atoms with Crippen LogP contribution in [0.3, 0.4) is 0 Å². The van der Waals surface area contributed by atoms with E-state index in [2.05, 4.69) is 10.3 Å².